The molecule has 1 heterocycles. The van der Waals surface area contributed by atoms with E-state index in [1.54, 1.807) is 18.2 Å². The number of amides is 2. The van der Waals surface area contributed by atoms with Crippen LogP contribution in [0.5, 0.6) is 0 Å². The van der Waals surface area contributed by atoms with Gasteiger partial charge in [0.2, 0.25) is 0 Å². The van der Waals surface area contributed by atoms with Crippen molar-refractivity contribution in [2.75, 3.05) is 10.8 Å². The Hall–Kier alpha value is -2.76. The van der Waals surface area contributed by atoms with Gasteiger partial charge in [-0.05, 0) is 99.8 Å². The Balaban J connectivity index is 1.08. The normalized spacial score (nSPS) is 26.6. The fourth-order valence-corrected chi connectivity index (χ4v) is 8.73. The van der Waals surface area contributed by atoms with Crippen molar-refractivity contribution in [1.82, 2.24) is 9.62 Å². The maximum atomic E-state index is 13.0. The highest BCUT2D eigenvalue weighted by molar-refractivity contribution is 7.80. The SMILES string of the molecule is O=C(O)C(CCCCN(S)C(=O)NC12CC3CC(CC(C3)C1)C2)N(c1ccc2oc3ccccc3c2c1)S(=O)O. The Bertz CT molecular complexity index is 1420. The number of anilines is 1. The number of rotatable bonds is 10. The van der Waals surface area contributed by atoms with E-state index in [-0.39, 0.29) is 18.0 Å². The molecular formula is C29H35N3O6S2. The lowest BCUT2D eigenvalue weighted by molar-refractivity contribution is -0.138. The van der Waals surface area contributed by atoms with Crippen molar-refractivity contribution in [3.05, 3.63) is 42.5 Å². The summed E-state index contributed by atoms with van der Waals surface area (Å²) in [6.07, 6.45) is 8.14. The first-order valence-electron chi connectivity index (χ1n) is 14.0. The number of para-hydroxylation sites is 1. The number of benzene rings is 2. The smallest absolute Gasteiger partial charge is 0.327 e. The lowest BCUT2D eigenvalue weighted by atomic mass is 9.53. The molecule has 2 unspecified atom stereocenters. The minimum atomic E-state index is -2.57. The molecule has 1 aromatic heterocycles. The zero-order chi connectivity index (χ0) is 28.0. The number of hydrogen-bond acceptors (Lipinski definition) is 5. The third-order valence-corrected chi connectivity index (χ3v) is 10.3. The number of furan rings is 1. The molecule has 2 atom stereocenters. The van der Waals surface area contributed by atoms with Crippen molar-refractivity contribution in [2.24, 2.45) is 17.8 Å². The Morgan fingerprint density at radius 3 is 2.33 bits per heavy atom. The van der Waals surface area contributed by atoms with Crippen LogP contribution in [0.4, 0.5) is 10.5 Å². The van der Waals surface area contributed by atoms with Crippen molar-refractivity contribution < 1.29 is 27.9 Å². The quantitative estimate of drug-likeness (QED) is 0.132. The first-order valence-corrected chi connectivity index (χ1v) is 15.5. The standard InChI is InChI=1S/C29H35N3O6S2/c33-27(34)24(32(40(36)37)21-8-9-26-23(14-21)22-5-1-2-7-25(22)38-26)6-3-4-10-31(39)28(35)30-29-15-18-11-19(16-29)13-20(12-18)17-29/h1-2,5,7-9,14,18-20,24,39H,3-4,6,10-13,15-17H2,(H,30,35)(H,33,34)(H,36,37). The van der Waals surface area contributed by atoms with Crippen LogP contribution in [-0.2, 0) is 16.1 Å². The molecule has 3 aromatic rings. The molecule has 9 nitrogen and oxygen atoms in total. The molecule has 0 radical (unpaired) electrons. The first kappa shape index (κ1) is 27.4. The molecule has 214 valence electrons. The van der Waals surface area contributed by atoms with Crippen LogP contribution in [0.2, 0.25) is 0 Å². The fraction of sp³-hybridized carbons (Fsp3) is 0.517. The van der Waals surface area contributed by atoms with Crippen LogP contribution in [0.25, 0.3) is 21.9 Å². The predicted octanol–water partition coefficient (Wildman–Crippen LogP) is 5.98. The molecule has 4 aliphatic carbocycles. The number of nitrogens with zero attached hydrogens (tertiary/aromatic N) is 2. The number of unbranched alkanes of at least 4 members (excludes halogenated alkanes) is 1. The molecular weight excluding hydrogens is 550 g/mol. The van der Waals surface area contributed by atoms with Gasteiger partial charge >= 0.3 is 12.0 Å². The second-order valence-corrected chi connectivity index (χ2v) is 13.3. The van der Waals surface area contributed by atoms with E-state index in [0.29, 0.717) is 36.2 Å². The van der Waals surface area contributed by atoms with Gasteiger partial charge in [-0.2, -0.15) is 0 Å². The van der Waals surface area contributed by atoms with Crippen molar-refractivity contribution in [3.8, 4) is 0 Å². The Kier molecular flexibility index (Phi) is 7.47. The largest absolute Gasteiger partial charge is 0.480 e. The summed E-state index contributed by atoms with van der Waals surface area (Å²) in [5.41, 5.74) is 1.51. The molecule has 4 fully saturated rings. The van der Waals surface area contributed by atoms with Gasteiger partial charge in [-0.3, -0.25) is 13.2 Å². The van der Waals surface area contributed by atoms with Crippen molar-refractivity contribution in [3.63, 3.8) is 0 Å². The number of carbonyl (C=O) groups excluding carboxylic acids is 1. The average molecular weight is 586 g/mol. The van der Waals surface area contributed by atoms with E-state index < -0.39 is 23.3 Å². The van der Waals surface area contributed by atoms with Gasteiger partial charge in [0.15, 0.2) is 0 Å². The maximum Gasteiger partial charge on any atom is 0.327 e. The van der Waals surface area contributed by atoms with Gasteiger partial charge in [-0.1, -0.05) is 31.0 Å². The number of carboxylic acid groups (broad SMARTS) is 1. The van der Waals surface area contributed by atoms with Gasteiger partial charge in [0.25, 0.3) is 11.3 Å². The summed E-state index contributed by atoms with van der Waals surface area (Å²) in [5, 5.41) is 14.9. The second-order valence-electron chi connectivity index (χ2n) is 11.9. The summed E-state index contributed by atoms with van der Waals surface area (Å²) in [5.74, 6) is 0.976. The lowest BCUT2D eigenvalue weighted by Gasteiger charge is -2.57. The van der Waals surface area contributed by atoms with E-state index >= 15 is 0 Å². The highest BCUT2D eigenvalue weighted by atomic mass is 32.2. The number of nitrogens with one attached hydrogen (secondary N) is 1. The van der Waals surface area contributed by atoms with Crippen LogP contribution < -0.4 is 9.62 Å². The minimum Gasteiger partial charge on any atom is -0.480 e. The molecule has 4 saturated carbocycles. The lowest BCUT2D eigenvalue weighted by Crippen LogP contribution is -2.61. The third kappa shape index (κ3) is 5.31. The topological polar surface area (TPSA) is 123 Å². The third-order valence-electron chi connectivity index (χ3n) is 9.09. The number of fused-ring (bicyclic) bond motifs is 3. The number of carboxylic acids is 1. The van der Waals surface area contributed by atoms with Gasteiger partial charge in [0.05, 0.1) is 5.69 Å². The van der Waals surface area contributed by atoms with Gasteiger partial charge in [0, 0.05) is 22.9 Å². The number of urea groups is 1. The predicted molar refractivity (Wildman–Crippen MR) is 157 cm³/mol. The molecule has 4 aliphatic rings. The Labute approximate surface area is 241 Å². The average Bonchev–Trinajstić information content (AvgIpc) is 3.26. The second kappa shape index (κ2) is 10.9. The van der Waals surface area contributed by atoms with Crippen LogP contribution in [0.1, 0.15) is 57.8 Å². The maximum absolute atomic E-state index is 13.0. The van der Waals surface area contributed by atoms with Crippen molar-refractivity contribution >= 4 is 63.7 Å². The first-order chi connectivity index (χ1) is 19.2. The molecule has 2 aromatic carbocycles. The molecule has 0 aliphatic heterocycles. The molecule has 0 saturated heterocycles. The fourth-order valence-electron chi connectivity index (χ4n) is 7.83. The van der Waals surface area contributed by atoms with Crippen LogP contribution in [-0.4, -0.2) is 48.3 Å². The van der Waals surface area contributed by atoms with Gasteiger partial charge in [-0.15, -0.1) is 0 Å². The Morgan fingerprint density at radius 2 is 1.68 bits per heavy atom. The number of aliphatic carboxylic acids is 1. The molecule has 40 heavy (non-hydrogen) atoms. The molecule has 0 spiro atoms. The summed E-state index contributed by atoms with van der Waals surface area (Å²) in [6.45, 7) is 0.350. The monoisotopic (exact) mass is 585 g/mol. The molecule has 4 bridgehead atoms. The molecule has 7 rings (SSSR count). The summed E-state index contributed by atoms with van der Waals surface area (Å²) in [7, 11) is 0. The van der Waals surface area contributed by atoms with Crippen LogP contribution >= 0.6 is 12.8 Å². The number of carbonyl (C=O) groups is 2. The highest BCUT2D eigenvalue weighted by Crippen LogP contribution is 2.55. The Morgan fingerprint density at radius 1 is 1.02 bits per heavy atom. The van der Waals surface area contributed by atoms with Crippen LogP contribution in [0, 0.1) is 17.8 Å². The van der Waals surface area contributed by atoms with E-state index in [0.717, 1.165) is 52.1 Å². The summed E-state index contributed by atoms with van der Waals surface area (Å²) < 4.78 is 30.8. The zero-order valence-electron chi connectivity index (χ0n) is 22.2. The zero-order valence-corrected chi connectivity index (χ0v) is 23.9. The summed E-state index contributed by atoms with van der Waals surface area (Å²) in [4.78, 5) is 25.2. The molecule has 11 heteroatoms. The summed E-state index contributed by atoms with van der Waals surface area (Å²) >= 11 is 1.86. The van der Waals surface area contributed by atoms with Crippen molar-refractivity contribution in [1.29, 1.82) is 0 Å². The minimum absolute atomic E-state index is 0.103. The van der Waals surface area contributed by atoms with E-state index in [9.17, 15) is 23.5 Å². The van der Waals surface area contributed by atoms with Crippen LogP contribution in [0.15, 0.2) is 46.9 Å². The van der Waals surface area contributed by atoms with Crippen molar-refractivity contribution in [2.45, 2.75) is 69.4 Å². The van der Waals surface area contributed by atoms with Gasteiger partial charge in [0.1, 0.15) is 17.2 Å². The van der Waals surface area contributed by atoms with E-state index in [4.69, 9.17) is 4.42 Å². The highest BCUT2D eigenvalue weighted by Gasteiger charge is 2.51. The van der Waals surface area contributed by atoms with Crippen LogP contribution in [0.3, 0.4) is 0 Å². The molecule has 3 N–H and O–H groups in total. The van der Waals surface area contributed by atoms with E-state index in [1.807, 2.05) is 24.3 Å². The van der Waals surface area contributed by atoms with Gasteiger partial charge in [-0.25, -0.2) is 13.8 Å². The van der Waals surface area contributed by atoms with E-state index in [2.05, 4.69) is 18.1 Å². The van der Waals surface area contributed by atoms with Gasteiger partial charge < -0.3 is 14.8 Å². The van der Waals surface area contributed by atoms with E-state index in [1.165, 1.54) is 23.6 Å². The number of thiol groups is 1. The molecule has 2 amide bonds. The summed E-state index contributed by atoms with van der Waals surface area (Å²) in [6, 6.07) is 11.0. The number of hydrogen-bond donors (Lipinski definition) is 4.